The lowest BCUT2D eigenvalue weighted by Crippen LogP contribution is -2.17. The number of aromatic nitrogens is 2. The first-order valence-corrected chi connectivity index (χ1v) is 5.35. The predicted molar refractivity (Wildman–Crippen MR) is 70.5 cm³/mol. The van der Waals surface area contributed by atoms with E-state index in [9.17, 15) is 4.39 Å². The second-order valence-corrected chi connectivity index (χ2v) is 3.70. The average molecular weight is 270 g/mol. The van der Waals surface area contributed by atoms with Crippen molar-refractivity contribution in [1.29, 1.82) is 0 Å². The molecular formula is C12H13ClFN3O. The van der Waals surface area contributed by atoms with Crippen molar-refractivity contribution in [2.45, 2.75) is 0 Å². The zero-order valence-corrected chi connectivity index (χ0v) is 10.9. The van der Waals surface area contributed by atoms with Crippen LogP contribution in [0.3, 0.4) is 0 Å². The molecule has 0 aliphatic rings. The Balaban J connectivity index is 3.02. The van der Waals surface area contributed by atoms with Crippen molar-refractivity contribution in [3.8, 4) is 5.75 Å². The number of halogens is 2. The quantitative estimate of drug-likeness (QED) is 0.608. The molecule has 0 amide bonds. The number of allylic oxidation sites excluding steroid dienone is 3. The largest absolute Gasteiger partial charge is 0.491 e. The highest BCUT2D eigenvalue weighted by molar-refractivity contribution is 6.28. The van der Waals surface area contributed by atoms with Gasteiger partial charge in [0.1, 0.15) is 5.83 Å². The van der Waals surface area contributed by atoms with Crippen LogP contribution in [0, 0.1) is 0 Å². The maximum Gasteiger partial charge on any atom is 0.224 e. The molecule has 1 rings (SSSR count). The molecule has 1 aromatic heterocycles. The van der Waals surface area contributed by atoms with E-state index in [0.29, 0.717) is 17.3 Å². The maximum absolute atomic E-state index is 12.5. The molecule has 0 bridgehead atoms. The maximum atomic E-state index is 12.5. The van der Waals surface area contributed by atoms with Crippen LogP contribution in [-0.4, -0.2) is 24.1 Å². The molecule has 0 saturated carbocycles. The minimum Gasteiger partial charge on any atom is -0.491 e. The fraction of sp³-hybridized carbons (Fsp3) is 0.167. The van der Waals surface area contributed by atoms with E-state index in [-0.39, 0.29) is 5.28 Å². The summed E-state index contributed by atoms with van der Waals surface area (Å²) >= 11 is 5.72. The average Bonchev–Trinajstić information content (AvgIpc) is 2.34. The number of nitrogens with zero attached hydrogens (tertiary/aromatic N) is 3. The second kappa shape index (κ2) is 6.16. The summed E-state index contributed by atoms with van der Waals surface area (Å²) in [4.78, 5) is 9.45. The smallest absolute Gasteiger partial charge is 0.224 e. The van der Waals surface area contributed by atoms with Crippen LogP contribution in [0.15, 0.2) is 43.0 Å². The molecule has 96 valence electrons. The van der Waals surface area contributed by atoms with E-state index in [1.807, 2.05) is 0 Å². The van der Waals surface area contributed by atoms with Crippen molar-refractivity contribution in [3.63, 3.8) is 0 Å². The van der Waals surface area contributed by atoms with E-state index in [2.05, 4.69) is 23.1 Å². The van der Waals surface area contributed by atoms with Gasteiger partial charge in [0, 0.05) is 12.7 Å². The molecule has 0 atom stereocenters. The third-order valence-corrected chi connectivity index (χ3v) is 2.31. The van der Waals surface area contributed by atoms with Gasteiger partial charge in [-0.25, -0.2) is 9.37 Å². The number of rotatable bonds is 5. The molecule has 0 spiro atoms. The van der Waals surface area contributed by atoms with Crippen LogP contribution in [0.1, 0.15) is 0 Å². The van der Waals surface area contributed by atoms with Crippen molar-refractivity contribution in [3.05, 3.63) is 48.3 Å². The molecule has 0 aliphatic carbocycles. The SMILES string of the molecule is C=C(F)/C=C\C(=C)N(C)c1nc(Cl)ncc1OC. The standard InChI is InChI=1S/C12H13ClFN3O/c1-8(14)5-6-9(2)17(3)11-10(18-4)7-15-12(13)16-11/h5-7H,1-2H2,3-4H3/b6-5-. The summed E-state index contributed by atoms with van der Waals surface area (Å²) in [5.74, 6) is 0.324. The molecule has 6 heteroatoms. The number of hydrogen-bond donors (Lipinski definition) is 0. The van der Waals surface area contributed by atoms with Gasteiger partial charge in [0.15, 0.2) is 11.6 Å². The molecule has 0 aromatic carbocycles. The molecule has 0 unspecified atom stereocenters. The van der Waals surface area contributed by atoms with Gasteiger partial charge in [0.25, 0.3) is 0 Å². The zero-order chi connectivity index (χ0) is 13.7. The molecule has 0 N–H and O–H groups in total. The van der Waals surface area contributed by atoms with E-state index >= 15 is 0 Å². The molecule has 0 fully saturated rings. The van der Waals surface area contributed by atoms with Gasteiger partial charge in [0.05, 0.1) is 13.3 Å². The fourth-order valence-electron chi connectivity index (χ4n) is 1.16. The minimum atomic E-state index is -0.558. The Morgan fingerprint density at radius 1 is 1.50 bits per heavy atom. The lowest BCUT2D eigenvalue weighted by Gasteiger charge is -2.20. The number of likely N-dealkylation sites (N-methyl/N-ethyl adjacent to an activating group) is 1. The molecule has 18 heavy (non-hydrogen) atoms. The van der Waals surface area contributed by atoms with Crippen LogP contribution in [0.4, 0.5) is 10.2 Å². The second-order valence-electron chi connectivity index (χ2n) is 3.36. The van der Waals surface area contributed by atoms with Crippen molar-refractivity contribution in [2.75, 3.05) is 19.1 Å². The van der Waals surface area contributed by atoms with Crippen LogP contribution in [0.25, 0.3) is 0 Å². The van der Waals surface area contributed by atoms with Gasteiger partial charge in [-0.3, -0.25) is 0 Å². The highest BCUT2D eigenvalue weighted by atomic mass is 35.5. The molecule has 1 aromatic rings. The predicted octanol–water partition coefficient (Wildman–Crippen LogP) is 3.13. The van der Waals surface area contributed by atoms with E-state index < -0.39 is 5.83 Å². The van der Waals surface area contributed by atoms with Crippen LogP contribution in [0.5, 0.6) is 5.75 Å². The first kappa shape index (κ1) is 14.2. The zero-order valence-electron chi connectivity index (χ0n) is 10.2. The molecule has 0 radical (unpaired) electrons. The van der Waals surface area contributed by atoms with Crippen molar-refractivity contribution < 1.29 is 9.13 Å². The van der Waals surface area contributed by atoms with Gasteiger partial charge in [-0.05, 0) is 23.8 Å². The van der Waals surface area contributed by atoms with Crippen molar-refractivity contribution >= 4 is 17.4 Å². The first-order valence-electron chi connectivity index (χ1n) is 4.97. The lowest BCUT2D eigenvalue weighted by atomic mass is 10.3. The van der Waals surface area contributed by atoms with E-state index in [0.717, 1.165) is 0 Å². The van der Waals surface area contributed by atoms with E-state index in [1.165, 1.54) is 25.5 Å². The monoisotopic (exact) mass is 269 g/mol. The molecule has 0 saturated heterocycles. The summed E-state index contributed by atoms with van der Waals surface area (Å²) in [6.07, 6.45) is 4.12. The van der Waals surface area contributed by atoms with E-state index in [1.54, 1.807) is 11.9 Å². The highest BCUT2D eigenvalue weighted by Gasteiger charge is 2.12. The lowest BCUT2D eigenvalue weighted by molar-refractivity contribution is 0.411. The van der Waals surface area contributed by atoms with Crippen molar-refractivity contribution in [2.24, 2.45) is 0 Å². The summed E-state index contributed by atoms with van der Waals surface area (Å²) < 4.78 is 17.6. The summed E-state index contributed by atoms with van der Waals surface area (Å²) in [5.41, 5.74) is 0.502. The van der Waals surface area contributed by atoms with Crippen LogP contribution in [-0.2, 0) is 0 Å². The molecule has 0 aliphatic heterocycles. The Kier molecular flexibility index (Phi) is 4.85. The molecule has 4 nitrogen and oxygen atoms in total. The number of ether oxygens (including phenoxy) is 1. The Morgan fingerprint density at radius 3 is 2.72 bits per heavy atom. The first-order chi connectivity index (χ1) is 8.45. The Bertz CT molecular complexity index is 502. The summed E-state index contributed by atoms with van der Waals surface area (Å²) in [6.45, 7) is 6.90. The van der Waals surface area contributed by atoms with Crippen LogP contribution in [0.2, 0.25) is 5.28 Å². The Morgan fingerprint density at radius 2 is 2.17 bits per heavy atom. The number of hydrogen-bond acceptors (Lipinski definition) is 4. The van der Waals surface area contributed by atoms with Gasteiger partial charge in [-0.2, -0.15) is 4.98 Å². The topological polar surface area (TPSA) is 38.2 Å². The fourth-order valence-corrected chi connectivity index (χ4v) is 1.29. The Hall–Kier alpha value is -1.88. The third kappa shape index (κ3) is 3.56. The molecule has 1 heterocycles. The number of anilines is 1. The Labute approximate surface area is 110 Å². The highest BCUT2D eigenvalue weighted by Crippen LogP contribution is 2.27. The summed E-state index contributed by atoms with van der Waals surface area (Å²) in [5, 5.41) is 0.0873. The minimum absolute atomic E-state index is 0.0873. The number of methoxy groups -OCH3 is 1. The molecular weight excluding hydrogens is 257 g/mol. The van der Waals surface area contributed by atoms with Crippen LogP contribution >= 0.6 is 11.6 Å². The van der Waals surface area contributed by atoms with Gasteiger partial charge >= 0.3 is 0 Å². The van der Waals surface area contributed by atoms with E-state index in [4.69, 9.17) is 16.3 Å². The van der Waals surface area contributed by atoms with Crippen molar-refractivity contribution in [1.82, 2.24) is 9.97 Å². The van der Waals surface area contributed by atoms with Crippen LogP contribution < -0.4 is 9.64 Å². The summed E-state index contributed by atoms with van der Waals surface area (Å²) in [6, 6.07) is 0. The van der Waals surface area contributed by atoms with Gasteiger partial charge in [0.2, 0.25) is 5.28 Å². The van der Waals surface area contributed by atoms with Gasteiger partial charge < -0.3 is 9.64 Å². The van der Waals surface area contributed by atoms with Gasteiger partial charge in [-0.1, -0.05) is 13.2 Å². The van der Waals surface area contributed by atoms with Gasteiger partial charge in [-0.15, -0.1) is 0 Å². The normalized spacial score (nSPS) is 10.4. The summed E-state index contributed by atoms with van der Waals surface area (Å²) in [7, 11) is 3.20. The third-order valence-electron chi connectivity index (χ3n) is 2.13.